The van der Waals surface area contributed by atoms with E-state index in [1.54, 1.807) is 4.90 Å². The van der Waals surface area contributed by atoms with Crippen molar-refractivity contribution in [3.8, 4) is 0 Å². The minimum atomic E-state index is -0.357. The Kier molecular flexibility index (Phi) is 4.09. The van der Waals surface area contributed by atoms with E-state index in [4.69, 9.17) is 0 Å². The Morgan fingerprint density at radius 1 is 1.17 bits per heavy atom. The number of hydrogen-bond acceptors (Lipinski definition) is 4. The van der Waals surface area contributed by atoms with Gasteiger partial charge in [0, 0.05) is 17.5 Å². The van der Waals surface area contributed by atoms with Crippen LogP contribution < -0.4 is 5.69 Å². The van der Waals surface area contributed by atoms with Crippen LogP contribution in [0, 0.1) is 0 Å². The van der Waals surface area contributed by atoms with Crippen molar-refractivity contribution in [2.75, 3.05) is 0 Å². The van der Waals surface area contributed by atoms with Gasteiger partial charge in [-0.2, -0.15) is 0 Å². The van der Waals surface area contributed by atoms with Crippen LogP contribution in [0.5, 0.6) is 0 Å². The second-order valence-electron chi connectivity index (χ2n) is 6.38. The van der Waals surface area contributed by atoms with Gasteiger partial charge in [-0.15, -0.1) is 5.10 Å². The first-order valence-corrected chi connectivity index (χ1v) is 8.04. The van der Waals surface area contributed by atoms with Gasteiger partial charge >= 0.3 is 5.69 Å². The van der Waals surface area contributed by atoms with Crippen molar-refractivity contribution in [1.82, 2.24) is 24.1 Å². The number of benzene rings is 1. The van der Waals surface area contributed by atoms with Crippen molar-refractivity contribution in [1.29, 1.82) is 0 Å². The minimum Gasteiger partial charge on any atom is -0.336 e. The Hall–Kier alpha value is -2.70. The maximum atomic E-state index is 12.6. The average Bonchev–Trinajstić information content (AvgIpc) is 2.83. The Morgan fingerprint density at radius 2 is 1.83 bits per heavy atom. The SMILES string of the molecule is CC(C)N(C(=O)Cn1nc2c3ccccc3ncn2c1=O)C(C)C. The summed E-state index contributed by atoms with van der Waals surface area (Å²) in [7, 11) is 0. The van der Waals surface area contributed by atoms with E-state index in [1.807, 2.05) is 52.0 Å². The summed E-state index contributed by atoms with van der Waals surface area (Å²) in [5, 5.41) is 5.15. The summed E-state index contributed by atoms with van der Waals surface area (Å²) in [5.74, 6) is -0.122. The highest BCUT2D eigenvalue weighted by atomic mass is 16.2. The summed E-state index contributed by atoms with van der Waals surface area (Å²) in [6, 6.07) is 7.61. The predicted molar refractivity (Wildman–Crippen MR) is 91.9 cm³/mol. The van der Waals surface area contributed by atoms with Crippen LogP contribution in [0.25, 0.3) is 16.6 Å². The van der Waals surface area contributed by atoms with Gasteiger partial charge in [0.2, 0.25) is 5.91 Å². The fourth-order valence-electron chi connectivity index (χ4n) is 3.09. The number of rotatable bonds is 4. The molecule has 2 heterocycles. The number of fused-ring (bicyclic) bond motifs is 3. The average molecular weight is 327 g/mol. The van der Waals surface area contributed by atoms with E-state index in [1.165, 1.54) is 15.4 Å². The molecular weight excluding hydrogens is 306 g/mol. The van der Waals surface area contributed by atoms with Crippen molar-refractivity contribution < 1.29 is 4.79 Å². The first-order chi connectivity index (χ1) is 11.4. The molecule has 1 aromatic carbocycles. The van der Waals surface area contributed by atoms with Gasteiger partial charge in [0.1, 0.15) is 12.9 Å². The van der Waals surface area contributed by atoms with Gasteiger partial charge < -0.3 is 4.90 Å². The highest BCUT2D eigenvalue weighted by Crippen LogP contribution is 2.14. The Morgan fingerprint density at radius 3 is 2.50 bits per heavy atom. The topological polar surface area (TPSA) is 72.5 Å². The molecule has 1 amide bonds. The first-order valence-electron chi connectivity index (χ1n) is 8.04. The van der Waals surface area contributed by atoms with E-state index >= 15 is 0 Å². The second kappa shape index (κ2) is 6.07. The van der Waals surface area contributed by atoms with Gasteiger partial charge in [0.15, 0.2) is 5.65 Å². The molecule has 3 rings (SSSR count). The van der Waals surface area contributed by atoms with Crippen molar-refractivity contribution in [2.24, 2.45) is 0 Å². The normalized spacial score (nSPS) is 11.8. The Balaban J connectivity index is 2.04. The first kappa shape index (κ1) is 16.2. The third-order valence-electron chi connectivity index (χ3n) is 4.01. The third-order valence-corrected chi connectivity index (χ3v) is 4.01. The smallest absolute Gasteiger partial charge is 0.336 e. The lowest BCUT2D eigenvalue weighted by molar-refractivity contribution is -0.135. The fourth-order valence-corrected chi connectivity index (χ4v) is 3.09. The summed E-state index contributed by atoms with van der Waals surface area (Å²) in [5.41, 5.74) is 0.919. The van der Waals surface area contributed by atoms with E-state index in [0.29, 0.717) is 5.65 Å². The predicted octanol–water partition coefficient (Wildman–Crippen LogP) is 1.69. The molecule has 0 spiro atoms. The van der Waals surface area contributed by atoms with Gasteiger partial charge in [-0.1, -0.05) is 12.1 Å². The van der Waals surface area contributed by atoms with Gasteiger partial charge in [-0.25, -0.2) is 18.9 Å². The lowest BCUT2D eigenvalue weighted by atomic mass is 10.2. The molecule has 0 unspecified atom stereocenters. The number of amides is 1. The van der Waals surface area contributed by atoms with Gasteiger partial charge in [-0.3, -0.25) is 4.79 Å². The molecular formula is C17H21N5O2. The van der Waals surface area contributed by atoms with Crippen LogP contribution in [0.2, 0.25) is 0 Å². The van der Waals surface area contributed by atoms with Crippen LogP contribution in [0.15, 0.2) is 35.4 Å². The maximum Gasteiger partial charge on any atom is 0.352 e. The second-order valence-corrected chi connectivity index (χ2v) is 6.38. The largest absolute Gasteiger partial charge is 0.352 e. The number of carbonyl (C=O) groups is 1. The lowest BCUT2D eigenvalue weighted by Crippen LogP contribution is -2.44. The monoisotopic (exact) mass is 327 g/mol. The highest BCUT2D eigenvalue weighted by molar-refractivity contribution is 5.90. The summed E-state index contributed by atoms with van der Waals surface area (Å²) < 4.78 is 2.59. The van der Waals surface area contributed by atoms with Gasteiger partial charge in [-0.05, 0) is 39.8 Å². The molecule has 3 aromatic rings. The standard InChI is InChI=1S/C17H21N5O2/c1-11(2)22(12(3)4)15(23)9-21-17(24)20-10-18-14-8-6-5-7-13(14)16(20)19-21/h5-8,10-12H,9H2,1-4H3. The van der Waals surface area contributed by atoms with E-state index < -0.39 is 0 Å². The zero-order valence-corrected chi connectivity index (χ0v) is 14.3. The number of para-hydroxylation sites is 1. The maximum absolute atomic E-state index is 12.6. The molecule has 0 fully saturated rings. The molecule has 0 saturated heterocycles. The zero-order valence-electron chi connectivity index (χ0n) is 14.3. The molecule has 0 saturated carbocycles. The fraction of sp³-hybridized carbons (Fsp3) is 0.412. The van der Waals surface area contributed by atoms with Crippen LogP contribution in [-0.2, 0) is 11.3 Å². The third kappa shape index (κ3) is 2.66. The molecule has 0 radical (unpaired) electrons. The lowest BCUT2D eigenvalue weighted by Gasteiger charge is -2.30. The van der Waals surface area contributed by atoms with Crippen molar-refractivity contribution in [3.63, 3.8) is 0 Å². The van der Waals surface area contributed by atoms with Crippen LogP contribution >= 0.6 is 0 Å². The minimum absolute atomic E-state index is 0.0627. The van der Waals surface area contributed by atoms with Crippen LogP contribution in [0.4, 0.5) is 0 Å². The molecule has 0 atom stereocenters. The summed E-state index contributed by atoms with van der Waals surface area (Å²) in [6.07, 6.45) is 1.45. The molecule has 7 heteroatoms. The molecule has 7 nitrogen and oxygen atoms in total. The number of nitrogens with zero attached hydrogens (tertiary/aromatic N) is 5. The van der Waals surface area contributed by atoms with E-state index in [9.17, 15) is 9.59 Å². The summed E-state index contributed by atoms with van der Waals surface area (Å²) in [6.45, 7) is 7.76. The van der Waals surface area contributed by atoms with E-state index in [2.05, 4.69) is 10.1 Å². The molecule has 0 aliphatic carbocycles. The van der Waals surface area contributed by atoms with Gasteiger partial charge in [0.05, 0.1) is 5.52 Å². The number of hydrogen-bond donors (Lipinski definition) is 0. The van der Waals surface area contributed by atoms with Crippen LogP contribution in [-0.4, -0.2) is 42.1 Å². The molecule has 0 bridgehead atoms. The van der Waals surface area contributed by atoms with E-state index in [-0.39, 0.29) is 30.2 Å². The molecule has 126 valence electrons. The quantitative estimate of drug-likeness (QED) is 0.731. The van der Waals surface area contributed by atoms with Crippen LogP contribution in [0.3, 0.4) is 0 Å². The van der Waals surface area contributed by atoms with E-state index in [0.717, 1.165) is 10.9 Å². The molecule has 24 heavy (non-hydrogen) atoms. The van der Waals surface area contributed by atoms with Gasteiger partial charge in [0.25, 0.3) is 0 Å². The van der Waals surface area contributed by atoms with Crippen molar-refractivity contribution in [2.45, 2.75) is 46.3 Å². The Bertz CT molecular complexity index is 946. The van der Waals surface area contributed by atoms with Crippen molar-refractivity contribution >= 4 is 22.5 Å². The summed E-state index contributed by atoms with van der Waals surface area (Å²) in [4.78, 5) is 31.1. The Labute approximate surface area is 139 Å². The molecule has 0 N–H and O–H groups in total. The molecule has 0 aliphatic heterocycles. The summed E-state index contributed by atoms with van der Waals surface area (Å²) >= 11 is 0. The molecule has 0 aliphatic rings. The van der Waals surface area contributed by atoms with Crippen LogP contribution in [0.1, 0.15) is 27.7 Å². The zero-order chi connectivity index (χ0) is 17.4. The van der Waals surface area contributed by atoms with Crippen molar-refractivity contribution in [3.05, 3.63) is 41.1 Å². The molecule has 2 aromatic heterocycles. The number of aromatic nitrogens is 4. The number of carbonyl (C=O) groups excluding carboxylic acids is 1. The highest BCUT2D eigenvalue weighted by Gasteiger charge is 2.22.